The molecule has 19 heavy (non-hydrogen) atoms. The second-order valence-electron chi connectivity index (χ2n) is 4.67. The van der Waals surface area contributed by atoms with Crippen molar-refractivity contribution in [3.63, 3.8) is 0 Å². The van der Waals surface area contributed by atoms with Gasteiger partial charge in [-0.15, -0.1) is 0 Å². The highest BCUT2D eigenvalue weighted by Crippen LogP contribution is 2.21. The van der Waals surface area contributed by atoms with Crippen molar-refractivity contribution in [1.29, 1.82) is 0 Å². The molecule has 1 fully saturated rings. The molecule has 1 aromatic heterocycles. The van der Waals surface area contributed by atoms with E-state index >= 15 is 0 Å². The van der Waals surface area contributed by atoms with Crippen molar-refractivity contribution < 1.29 is 14.3 Å². The third kappa shape index (κ3) is 2.53. The third-order valence-electron chi connectivity index (χ3n) is 3.25. The van der Waals surface area contributed by atoms with Crippen molar-refractivity contribution in [1.82, 2.24) is 9.99 Å². The van der Waals surface area contributed by atoms with Gasteiger partial charge in [-0.05, 0) is 31.0 Å². The second kappa shape index (κ2) is 4.89. The fourth-order valence-electron chi connectivity index (χ4n) is 2.25. The summed E-state index contributed by atoms with van der Waals surface area (Å²) in [5.41, 5.74) is 4.47. The fourth-order valence-corrected chi connectivity index (χ4v) is 2.25. The van der Waals surface area contributed by atoms with Crippen molar-refractivity contribution in [2.45, 2.75) is 19.3 Å². The van der Waals surface area contributed by atoms with Crippen LogP contribution in [0, 0.1) is 0 Å². The molecule has 0 spiro atoms. The second-order valence-corrected chi connectivity index (χ2v) is 4.67. The summed E-state index contributed by atoms with van der Waals surface area (Å²) in [6.45, 7) is 1.94. The number of fused-ring (bicyclic) bond motifs is 1. The lowest BCUT2D eigenvalue weighted by Crippen LogP contribution is -2.34. The number of oxazole rings is 1. The van der Waals surface area contributed by atoms with Crippen LogP contribution in [0.5, 0.6) is 0 Å². The van der Waals surface area contributed by atoms with Gasteiger partial charge in [0.1, 0.15) is 5.52 Å². The van der Waals surface area contributed by atoms with E-state index in [1.54, 1.807) is 6.07 Å². The first-order valence-corrected chi connectivity index (χ1v) is 6.38. The van der Waals surface area contributed by atoms with Crippen LogP contribution in [0.15, 0.2) is 22.6 Å². The van der Waals surface area contributed by atoms with E-state index in [4.69, 9.17) is 9.52 Å². The van der Waals surface area contributed by atoms with Crippen molar-refractivity contribution in [3.8, 4) is 0 Å². The SMILES string of the molecule is O=C(O)c1ccc2nc(NN3CCCCC3)oc2c1. The molecule has 1 aliphatic heterocycles. The Bertz CT molecular complexity index is 602. The monoisotopic (exact) mass is 261 g/mol. The number of nitrogens with zero attached hydrogens (tertiary/aromatic N) is 2. The Morgan fingerprint density at radius 2 is 2.11 bits per heavy atom. The molecule has 3 rings (SSSR count). The van der Waals surface area contributed by atoms with Gasteiger partial charge in [0.05, 0.1) is 5.56 Å². The van der Waals surface area contributed by atoms with Crippen LogP contribution in [0.25, 0.3) is 11.1 Å². The highest BCUT2D eigenvalue weighted by atomic mass is 16.4. The zero-order valence-corrected chi connectivity index (χ0v) is 10.4. The van der Waals surface area contributed by atoms with E-state index in [0.29, 0.717) is 17.1 Å². The first kappa shape index (κ1) is 12.0. The predicted octanol–water partition coefficient (Wildman–Crippen LogP) is 2.34. The molecule has 100 valence electrons. The summed E-state index contributed by atoms with van der Waals surface area (Å²) < 4.78 is 5.53. The van der Waals surface area contributed by atoms with Crippen LogP contribution in [0.3, 0.4) is 0 Å². The molecule has 2 aromatic rings. The van der Waals surface area contributed by atoms with Gasteiger partial charge in [0, 0.05) is 13.1 Å². The van der Waals surface area contributed by atoms with Crippen LogP contribution in [0.4, 0.5) is 6.01 Å². The number of benzene rings is 1. The molecule has 1 saturated heterocycles. The molecule has 0 aliphatic carbocycles. The first-order chi connectivity index (χ1) is 9.22. The maximum Gasteiger partial charge on any atom is 0.335 e. The van der Waals surface area contributed by atoms with Gasteiger partial charge in [0.15, 0.2) is 5.58 Å². The normalized spacial score (nSPS) is 16.6. The van der Waals surface area contributed by atoms with E-state index in [0.717, 1.165) is 25.9 Å². The summed E-state index contributed by atoms with van der Waals surface area (Å²) in [7, 11) is 0. The third-order valence-corrected chi connectivity index (χ3v) is 3.25. The molecule has 0 radical (unpaired) electrons. The van der Waals surface area contributed by atoms with E-state index < -0.39 is 5.97 Å². The summed E-state index contributed by atoms with van der Waals surface area (Å²) in [6, 6.07) is 5.09. The van der Waals surface area contributed by atoms with E-state index in [1.165, 1.54) is 18.6 Å². The predicted molar refractivity (Wildman–Crippen MR) is 70.0 cm³/mol. The van der Waals surface area contributed by atoms with Gasteiger partial charge in [-0.2, -0.15) is 4.98 Å². The summed E-state index contributed by atoms with van der Waals surface area (Å²) >= 11 is 0. The van der Waals surface area contributed by atoms with Gasteiger partial charge in [-0.25, -0.2) is 9.80 Å². The van der Waals surface area contributed by atoms with Crippen LogP contribution in [0.2, 0.25) is 0 Å². The number of carboxylic acid groups (broad SMARTS) is 1. The Morgan fingerprint density at radius 3 is 2.84 bits per heavy atom. The number of anilines is 1. The molecule has 2 heterocycles. The summed E-state index contributed by atoms with van der Waals surface area (Å²) in [6.07, 6.45) is 3.58. The molecule has 1 aromatic carbocycles. The lowest BCUT2D eigenvalue weighted by molar-refractivity contribution is 0.0697. The van der Waals surface area contributed by atoms with Crippen LogP contribution in [0.1, 0.15) is 29.6 Å². The number of hydrogen-bond acceptors (Lipinski definition) is 5. The molecular weight excluding hydrogens is 246 g/mol. The minimum Gasteiger partial charge on any atom is -0.478 e. The molecule has 0 saturated carbocycles. The number of aromatic nitrogens is 1. The molecule has 0 bridgehead atoms. The number of aromatic carboxylic acids is 1. The standard InChI is InChI=1S/C13H15N3O3/c17-12(18)9-4-5-10-11(8-9)19-13(14-10)15-16-6-2-1-3-7-16/h4-5,8H,1-3,6-7H2,(H,14,15)(H,17,18). The molecule has 0 unspecified atom stereocenters. The summed E-state index contributed by atoms with van der Waals surface area (Å²) in [5, 5.41) is 11.0. The molecule has 0 atom stereocenters. The number of nitrogens with one attached hydrogen (secondary N) is 1. The Morgan fingerprint density at radius 1 is 1.32 bits per heavy atom. The van der Waals surface area contributed by atoms with Crippen LogP contribution < -0.4 is 5.43 Å². The highest BCUT2D eigenvalue weighted by molar-refractivity contribution is 5.92. The van der Waals surface area contributed by atoms with Gasteiger partial charge >= 0.3 is 12.0 Å². The van der Waals surface area contributed by atoms with E-state index in [2.05, 4.69) is 15.4 Å². The quantitative estimate of drug-likeness (QED) is 0.882. The molecular formula is C13H15N3O3. The van der Waals surface area contributed by atoms with E-state index in [-0.39, 0.29) is 5.56 Å². The minimum atomic E-state index is -0.969. The molecule has 1 aliphatic rings. The van der Waals surface area contributed by atoms with Gasteiger partial charge in [0.25, 0.3) is 0 Å². The van der Waals surface area contributed by atoms with Crippen molar-refractivity contribution in [3.05, 3.63) is 23.8 Å². The first-order valence-electron chi connectivity index (χ1n) is 6.38. The van der Waals surface area contributed by atoms with Crippen molar-refractivity contribution in [2.24, 2.45) is 0 Å². The Hall–Kier alpha value is -2.08. The zero-order valence-electron chi connectivity index (χ0n) is 10.4. The van der Waals surface area contributed by atoms with Crippen LogP contribution >= 0.6 is 0 Å². The summed E-state index contributed by atoms with van der Waals surface area (Å²) in [4.78, 5) is 15.2. The number of rotatable bonds is 3. The Kier molecular flexibility index (Phi) is 3.08. The molecule has 6 nitrogen and oxygen atoms in total. The fraction of sp³-hybridized carbons (Fsp3) is 0.385. The van der Waals surface area contributed by atoms with Gasteiger partial charge < -0.3 is 9.52 Å². The summed E-state index contributed by atoms with van der Waals surface area (Å²) in [5.74, 6) is -0.969. The number of carboxylic acids is 1. The Balaban J connectivity index is 1.82. The van der Waals surface area contributed by atoms with Gasteiger partial charge in [-0.3, -0.25) is 5.43 Å². The lowest BCUT2D eigenvalue weighted by atomic mass is 10.2. The van der Waals surface area contributed by atoms with Crippen molar-refractivity contribution in [2.75, 3.05) is 18.5 Å². The average molecular weight is 261 g/mol. The topological polar surface area (TPSA) is 78.6 Å². The van der Waals surface area contributed by atoms with E-state index in [9.17, 15) is 4.79 Å². The minimum absolute atomic E-state index is 0.202. The molecule has 6 heteroatoms. The van der Waals surface area contributed by atoms with Gasteiger partial charge in [0.2, 0.25) is 0 Å². The largest absolute Gasteiger partial charge is 0.478 e. The number of piperidine rings is 1. The van der Waals surface area contributed by atoms with Crippen LogP contribution in [-0.4, -0.2) is 34.2 Å². The zero-order chi connectivity index (χ0) is 13.2. The Labute approximate surface area is 110 Å². The molecule has 0 amide bonds. The molecule has 2 N–H and O–H groups in total. The van der Waals surface area contributed by atoms with Gasteiger partial charge in [-0.1, -0.05) is 6.42 Å². The smallest absolute Gasteiger partial charge is 0.335 e. The highest BCUT2D eigenvalue weighted by Gasteiger charge is 2.14. The maximum absolute atomic E-state index is 10.9. The maximum atomic E-state index is 10.9. The number of hydrazine groups is 1. The average Bonchev–Trinajstić information content (AvgIpc) is 2.80. The van der Waals surface area contributed by atoms with Crippen LogP contribution in [-0.2, 0) is 0 Å². The number of hydrogen-bond donors (Lipinski definition) is 2. The number of carbonyl (C=O) groups is 1. The van der Waals surface area contributed by atoms with Crippen molar-refractivity contribution >= 4 is 23.1 Å². The lowest BCUT2D eigenvalue weighted by Gasteiger charge is -2.25. The van der Waals surface area contributed by atoms with E-state index in [1.807, 2.05) is 0 Å².